The number of alkyl halides is 3. The maximum atomic E-state index is 13.3. The molecular formula is C26H30ClF3N2O3. The van der Waals surface area contributed by atoms with Crippen LogP contribution in [0.25, 0.3) is 0 Å². The van der Waals surface area contributed by atoms with E-state index in [1.807, 2.05) is 43.3 Å². The van der Waals surface area contributed by atoms with Crippen molar-refractivity contribution in [3.05, 3.63) is 70.2 Å². The van der Waals surface area contributed by atoms with Crippen molar-refractivity contribution in [2.24, 2.45) is 5.92 Å². The Morgan fingerprint density at radius 2 is 1.80 bits per heavy atom. The van der Waals surface area contributed by atoms with Crippen LogP contribution >= 0.6 is 11.6 Å². The first-order chi connectivity index (χ1) is 16.6. The highest BCUT2D eigenvalue weighted by Crippen LogP contribution is 2.27. The Balaban J connectivity index is 1.58. The molecule has 1 atom stereocenters. The molecule has 0 unspecified atom stereocenters. The van der Waals surface area contributed by atoms with Gasteiger partial charge in [0.05, 0.1) is 17.7 Å². The van der Waals surface area contributed by atoms with E-state index in [1.54, 1.807) is 12.1 Å². The number of carbonyl (C=O) groups excluding carboxylic acids is 2. The van der Waals surface area contributed by atoms with Gasteiger partial charge in [-0.3, -0.25) is 9.69 Å². The number of hydrogen-bond donors (Lipinski definition) is 0. The fourth-order valence-corrected chi connectivity index (χ4v) is 4.75. The van der Waals surface area contributed by atoms with E-state index in [0.717, 1.165) is 16.0 Å². The zero-order valence-electron chi connectivity index (χ0n) is 19.9. The number of nitrogens with zero attached hydrogens (tertiary/aromatic N) is 2. The summed E-state index contributed by atoms with van der Waals surface area (Å²) in [6.45, 7) is 3.96. The number of esters is 1. The van der Waals surface area contributed by atoms with Crippen molar-refractivity contribution in [1.29, 1.82) is 0 Å². The van der Waals surface area contributed by atoms with E-state index < -0.39 is 18.1 Å². The predicted octanol–water partition coefficient (Wildman–Crippen LogP) is 5.53. The number of ether oxygens (including phenoxy) is 1. The topological polar surface area (TPSA) is 49.9 Å². The third kappa shape index (κ3) is 7.45. The maximum absolute atomic E-state index is 13.3. The Morgan fingerprint density at radius 3 is 2.37 bits per heavy atom. The van der Waals surface area contributed by atoms with E-state index in [2.05, 4.69) is 4.90 Å². The van der Waals surface area contributed by atoms with Gasteiger partial charge in [0.2, 0.25) is 0 Å². The Kier molecular flexibility index (Phi) is 9.19. The number of benzene rings is 2. The Bertz CT molecular complexity index is 1010. The largest absolute Gasteiger partial charge is 0.471 e. The molecule has 1 saturated heterocycles. The van der Waals surface area contributed by atoms with Gasteiger partial charge in [-0.1, -0.05) is 54.9 Å². The predicted molar refractivity (Wildman–Crippen MR) is 128 cm³/mol. The number of hydrogen-bond acceptors (Lipinski definition) is 4. The van der Waals surface area contributed by atoms with Crippen molar-refractivity contribution < 1.29 is 27.5 Å². The molecule has 0 aromatic heterocycles. The quantitative estimate of drug-likeness (QED) is 0.438. The molecule has 1 aliphatic rings. The number of halogens is 4. The molecule has 3 rings (SSSR count). The highest BCUT2D eigenvalue weighted by atomic mass is 35.5. The van der Waals surface area contributed by atoms with Crippen LogP contribution in [0, 0.1) is 5.92 Å². The molecule has 1 amide bonds. The molecule has 1 aliphatic heterocycles. The standard InChI is InChI=1S/C26H30ClF3N2O3/c1-18(21-6-4-3-5-7-21)15-32(25(34)26(28,29)30)17-19-10-12-31(13-11-19)16-20-8-9-22(23(27)14-20)24(33)35-2/h3-9,14,18-19H,10-13,15-17H2,1-2H3/t18-/m1/s1. The Morgan fingerprint density at radius 1 is 1.14 bits per heavy atom. The van der Waals surface area contributed by atoms with Gasteiger partial charge in [0.25, 0.3) is 0 Å². The lowest BCUT2D eigenvalue weighted by atomic mass is 9.94. The smallest absolute Gasteiger partial charge is 0.465 e. The van der Waals surface area contributed by atoms with Gasteiger partial charge in [-0.2, -0.15) is 13.2 Å². The summed E-state index contributed by atoms with van der Waals surface area (Å²) in [6, 6.07) is 14.4. The van der Waals surface area contributed by atoms with Crippen LogP contribution in [0.2, 0.25) is 5.02 Å². The van der Waals surface area contributed by atoms with Crippen LogP contribution < -0.4 is 0 Å². The average molecular weight is 511 g/mol. The fourth-order valence-electron chi connectivity index (χ4n) is 4.47. The molecule has 5 nitrogen and oxygen atoms in total. The number of amides is 1. The lowest BCUT2D eigenvalue weighted by molar-refractivity contribution is -0.186. The number of likely N-dealkylation sites (tertiary alicyclic amines) is 1. The van der Waals surface area contributed by atoms with Crippen molar-refractivity contribution in [3.63, 3.8) is 0 Å². The first-order valence-corrected chi connectivity index (χ1v) is 12.0. The molecule has 0 saturated carbocycles. The van der Waals surface area contributed by atoms with Gasteiger partial charge in [0, 0.05) is 19.6 Å². The van der Waals surface area contributed by atoms with Crippen molar-refractivity contribution >= 4 is 23.5 Å². The third-order valence-corrected chi connectivity index (χ3v) is 6.74. The molecule has 1 fully saturated rings. The minimum absolute atomic E-state index is 0.00851. The molecule has 2 aromatic carbocycles. The maximum Gasteiger partial charge on any atom is 0.471 e. The second kappa shape index (κ2) is 11.9. The SMILES string of the molecule is COC(=O)c1ccc(CN2CCC(CN(C[C@@H](C)c3ccccc3)C(=O)C(F)(F)F)CC2)cc1Cl. The number of piperidine rings is 1. The van der Waals surface area contributed by atoms with Gasteiger partial charge in [-0.25, -0.2) is 4.79 Å². The normalized spacial score (nSPS) is 16.1. The van der Waals surface area contributed by atoms with Gasteiger partial charge in [0.1, 0.15) is 0 Å². The molecule has 9 heteroatoms. The van der Waals surface area contributed by atoms with E-state index in [0.29, 0.717) is 43.1 Å². The minimum atomic E-state index is -4.90. The molecule has 0 bridgehead atoms. The van der Waals surface area contributed by atoms with E-state index >= 15 is 0 Å². The first-order valence-electron chi connectivity index (χ1n) is 11.6. The summed E-state index contributed by atoms with van der Waals surface area (Å²) in [5.41, 5.74) is 2.14. The van der Waals surface area contributed by atoms with Crippen LogP contribution in [-0.2, 0) is 16.1 Å². The summed E-state index contributed by atoms with van der Waals surface area (Å²) in [4.78, 5) is 27.1. The number of carbonyl (C=O) groups is 2. The minimum Gasteiger partial charge on any atom is -0.465 e. The van der Waals surface area contributed by atoms with Gasteiger partial charge in [0.15, 0.2) is 0 Å². The molecule has 0 aliphatic carbocycles. The van der Waals surface area contributed by atoms with Crippen LogP contribution in [-0.4, -0.2) is 61.1 Å². The van der Waals surface area contributed by atoms with Gasteiger partial charge >= 0.3 is 18.1 Å². The molecule has 0 spiro atoms. The zero-order valence-corrected chi connectivity index (χ0v) is 20.6. The molecular weight excluding hydrogens is 481 g/mol. The van der Waals surface area contributed by atoms with Crippen LogP contribution in [0.4, 0.5) is 13.2 Å². The van der Waals surface area contributed by atoms with Crippen molar-refractivity contribution in [2.75, 3.05) is 33.3 Å². The zero-order chi connectivity index (χ0) is 25.6. The van der Waals surface area contributed by atoms with Crippen molar-refractivity contribution in [1.82, 2.24) is 9.80 Å². The first kappa shape index (κ1) is 27.0. The van der Waals surface area contributed by atoms with Gasteiger partial charge < -0.3 is 9.64 Å². The highest BCUT2D eigenvalue weighted by Gasteiger charge is 2.43. The summed E-state index contributed by atoms with van der Waals surface area (Å²) in [6.07, 6.45) is -3.52. The number of rotatable bonds is 8. The van der Waals surface area contributed by atoms with Crippen LogP contribution in [0.5, 0.6) is 0 Å². The van der Waals surface area contributed by atoms with Gasteiger partial charge in [-0.15, -0.1) is 0 Å². The molecule has 2 aromatic rings. The van der Waals surface area contributed by atoms with Crippen molar-refractivity contribution in [3.8, 4) is 0 Å². The lowest BCUT2D eigenvalue weighted by Gasteiger charge is -2.36. The molecule has 0 radical (unpaired) electrons. The van der Waals surface area contributed by atoms with Crippen LogP contribution in [0.15, 0.2) is 48.5 Å². The van der Waals surface area contributed by atoms with Crippen LogP contribution in [0.1, 0.15) is 47.2 Å². The molecule has 0 N–H and O–H groups in total. The van der Waals surface area contributed by atoms with E-state index in [1.165, 1.54) is 7.11 Å². The van der Waals surface area contributed by atoms with Gasteiger partial charge in [-0.05, 0) is 61.0 Å². The van der Waals surface area contributed by atoms with Crippen molar-refractivity contribution in [2.45, 2.75) is 38.4 Å². The van der Waals surface area contributed by atoms with Crippen LogP contribution in [0.3, 0.4) is 0 Å². The summed E-state index contributed by atoms with van der Waals surface area (Å²) >= 11 is 6.20. The molecule has 190 valence electrons. The molecule has 1 heterocycles. The summed E-state index contributed by atoms with van der Waals surface area (Å²) < 4.78 is 44.6. The monoisotopic (exact) mass is 510 g/mol. The third-order valence-electron chi connectivity index (χ3n) is 6.42. The fraction of sp³-hybridized carbons (Fsp3) is 0.462. The van der Waals surface area contributed by atoms with E-state index in [-0.39, 0.29) is 24.9 Å². The number of methoxy groups -OCH3 is 1. The second-order valence-corrected chi connectivity index (χ2v) is 9.45. The summed E-state index contributed by atoms with van der Waals surface area (Å²) in [5.74, 6) is -2.49. The Labute approximate surface area is 208 Å². The average Bonchev–Trinajstić information content (AvgIpc) is 2.84. The summed E-state index contributed by atoms with van der Waals surface area (Å²) in [5, 5.41) is 0.318. The van der Waals surface area contributed by atoms with E-state index in [9.17, 15) is 22.8 Å². The Hall–Kier alpha value is -2.58. The summed E-state index contributed by atoms with van der Waals surface area (Å²) in [7, 11) is 1.29. The highest BCUT2D eigenvalue weighted by molar-refractivity contribution is 6.33. The lowest BCUT2D eigenvalue weighted by Crippen LogP contribution is -2.46. The second-order valence-electron chi connectivity index (χ2n) is 9.04. The van der Waals surface area contributed by atoms with E-state index in [4.69, 9.17) is 16.3 Å². The molecule has 35 heavy (non-hydrogen) atoms.